The van der Waals surface area contributed by atoms with Crippen LogP contribution in [0.3, 0.4) is 0 Å². The zero-order valence-electron chi connectivity index (χ0n) is 18.3. The van der Waals surface area contributed by atoms with E-state index in [1.165, 1.54) is 0 Å². The van der Waals surface area contributed by atoms with Gasteiger partial charge in [-0.1, -0.05) is 44.1 Å². The molecular formula is C25H28N4O. The molecule has 4 rings (SSSR count). The molecule has 0 saturated carbocycles. The molecule has 0 aliphatic rings. The van der Waals surface area contributed by atoms with Gasteiger partial charge in [0.15, 0.2) is 5.58 Å². The molecule has 1 aromatic carbocycles. The Morgan fingerprint density at radius 3 is 2.53 bits per heavy atom. The minimum atomic E-state index is -0.403. The van der Waals surface area contributed by atoms with Gasteiger partial charge in [-0.15, -0.1) is 0 Å². The van der Waals surface area contributed by atoms with Crippen molar-refractivity contribution >= 4 is 11.0 Å². The van der Waals surface area contributed by atoms with E-state index in [1.54, 1.807) is 0 Å². The third-order valence-electron chi connectivity index (χ3n) is 5.66. The van der Waals surface area contributed by atoms with Crippen LogP contribution in [-0.2, 0) is 11.8 Å². The molecule has 1 atom stereocenters. The second-order valence-electron chi connectivity index (χ2n) is 8.77. The number of rotatable bonds is 6. The Bertz CT molecular complexity index is 1160. The van der Waals surface area contributed by atoms with Crippen molar-refractivity contribution in [1.82, 2.24) is 20.1 Å². The molecule has 5 nitrogen and oxygen atoms in total. The van der Waals surface area contributed by atoms with Gasteiger partial charge < -0.3 is 4.52 Å². The first kappa shape index (κ1) is 20.2. The van der Waals surface area contributed by atoms with Crippen LogP contribution in [0.1, 0.15) is 75.1 Å². The first-order chi connectivity index (χ1) is 14.4. The van der Waals surface area contributed by atoms with Crippen LogP contribution >= 0.6 is 0 Å². The number of aromatic nitrogens is 4. The molecule has 30 heavy (non-hydrogen) atoms. The van der Waals surface area contributed by atoms with Gasteiger partial charge >= 0.3 is 0 Å². The van der Waals surface area contributed by atoms with Crippen molar-refractivity contribution in [3.05, 3.63) is 83.3 Å². The van der Waals surface area contributed by atoms with Gasteiger partial charge in [-0.05, 0) is 56.5 Å². The highest BCUT2D eigenvalue weighted by Gasteiger charge is 2.31. The highest BCUT2D eigenvalue weighted by molar-refractivity contribution is 5.80. The number of benzene rings is 1. The average Bonchev–Trinajstić information content (AvgIpc) is 3.19. The van der Waals surface area contributed by atoms with Crippen LogP contribution in [0.25, 0.3) is 11.0 Å². The van der Waals surface area contributed by atoms with Crippen LogP contribution in [0.15, 0.2) is 59.3 Å². The SMILES string of the molecule is CC(C)c1cccc(CC(C)c2nccc(C(C)(C)c3noc4ccccc34)n2)n1. The van der Waals surface area contributed by atoms with Crippen molar-refractivity contribution in [3.63, 3.8) is 0 Å². The summed E-state index contributed by atoms with van der Waals surface area (Å²) in [6, 6.07) is 16.2. The van der Waals surface area contributed by atoms with Crippen molar-refractivity contribution in [1.29, 1.82) is 0 Å². The summed E-state index contributed by atoms with van der Waals surface area (Å²) in [5.74, 6) is 1.40. The van der Waals surface area contributed by atoms with E-state index in [0.29, 0.717) is 5.92 Å². The summed E-state index contributed by atoms with van der Waals surface area (Å²) in [6.45, 7) is 10.7. The van der Waals surface area contributed by atoms with Gasteiger partial charge in [-0.2, -0.15) is 0 Å². The lowest BCUT2D eigenvalue weighted by molar-refractivity contribution is 0.424. The van der Waals surface area contributed by atoms with Crippen molar-refractivity contribution in [2.75, 3.05) is 0 Å². The van der Waals surface area contributed by atoms with Crippen LogP contribution in [0.2, 0.25) is 0 Å². The standard InChI is InChI=1S/C25H28N4O/c1-16(2)20-11-8-9-18(27-20)15-17(3)24-26-14-13-22(28-24)25(4,5)23-19-10-6-7-12-21(19)30-29-23/h6-14,16-17H,15H2,1-5H3. The molecule has 1 unspecified atom stereocenters. The molecule has 0 aliphatic carbocycles. The van der Waals surface area contributed by atoms with Crippen LogP contribution in [0.5, 0.6) is 0 Å². The van der Waals surface area contributed by atoms with E-state index >= 15 is 0 Å². The molecule has 0 saturated heterocycles. The van der Waals surface area contributed by atoms with E-state index in [4.69, 9.17) is 14.5 Å². The maximum Gasteiger partial charge on any atom is 0.167 e. The van der Waals surface area contributed by atoms with Crippen molar-refractivity contribution in [2.24, 2.45) is 0 Å². The van der Waals surface area contributed by atoms with Crippen LogP contribution < -0.4 is 0 Å². The zero-order chi connectivity index (χ0) is 21.3. The molecule has 3 aromatic heterocycles. The Morgan fingerprint density at radius 2 is 1.73 bits per heavy atom. The van der Waals surface area contributed by atoms with Gasteiger partial charge in [0.2, 0.25) is 0 Å². The van der Waals surface area contributed by atoms with Gasteiger partial charge in [0, 0.05) is 28.9 Å². The molecule has 0 radical (unpaired) electrons. The molecule has 0 aliphatic heterocycles. The summed E-state index contributed by atoms with van der Waals surface area (Å²) in [6.07, 6.45) is 2.65. The molecule has 0 amide bonds. The molecule has 0 spiro atoms. The summed E-state index contributed by atoms with van der Waals surface area (Å²) in [5, 5.41) is 5.39. The van der Waals surface area contributed by atoms with E-state index < -0.39 is 5.41 Å². The summed E-state index contributed by atoms with van der Waals surface area (Å²) in [4.78, 5) is 14.3. The van der Waals surface area contributed by atoms with E-state index in [-0.39, 0.29) is 5.92 Å². The van der Waals surface area contributed by atoms with Crippen LogP contribution in [-0.4, -0.2) is 20.1 Å². The van der Waals surface area contributed by atoms with Gasteiger partial charge in [-0.25, -0.2) is 9.97 Å². The molecular weight excluding hydrogens is 372 g/mol. The second kappa shape index (κ2) is 7.98. The lowest BCUT2D eigenvalue weighted by atomic mass is 9.83. The fraction of sp³-hybridized carbons (Fsp3) is 0.360. The maximum absolute atomic E-state index is 5.54. The van der Waals surface area contributed by atoms with Crippen LogP contribution in [0, 0.1) is 0 Å². The molecule has 3 heterocycles. The predicted octanol–water partition coefficient (Wildman–Crippen LogP) is 5.81. The number of para-hydroxylation sites is 1. The normalized spacial score (nSPS) is 13.1. The highest BCUT2D eigenvalue weighted by Crippen LogP contribution is 2.34. The van der Waals surface area contributed by atoms with Gasteiger partial charge in [0.05, 0.1) is 11.1 Å². The quantitative estimate of drug-likeness (QED) is 0.409. The van der Waals surface area contributed by atoms with Crippen LogP contribution in [0.4, 0.5) is 0 Å². The number of pyridine rings is 1. The molecule has 0 fully saturated rings. The van der Waals surface area contributed by atoms with Gasteiger partial charge in [0.1, 0.15) is 11.5 Å². The summed E-state index contributed by atoms with van der Waals surface area (Å²) in [7, 11) is 0. The lowest BCUT2D eigenvalue weighted by Gasteiger charge is -2.23. The van der Waals surface area contributed by atoms with E-state index in [2.05, 4.69) is 63.0 Å². The van der Waals surface area contributed by atoms with E-state index in [1.807, 2.05) is 36.5 Å². The minimum absolute atomic E-state index is 0.157. The molecule has 154 valence electrons. The fourth-order valence-electron chi connectivity index (χ4n) is 3.76. The van der Waals surface area contributed by atoms with Gasteiger partial charge in [0.25, 0.3) is 0 Å². The minimum Gasteiger partial charge on any atom is -0.356 e. The lowest BCUT2D eigenvalue weighted by Crippen LogP contribution is -2.23. The van der Waals surface area contributed by atoms with Crippen molar-refractivity contribution in [3.8, 4) is 0 Å². The Hall–Kier alpha value is -3.08. The number of hydrogen-bond donors (Lipinski definition) is 0. The molecule has 0 N–H and O–H groups in total. The summed E-state index contributed by atoms with van der Waals surface area (Å²) in [5.41, 5.74) is 4.40. The predicted molar refractivity (Wildman–Crippen MR) is 119 cm³/mol. The Morgan fingerprint density at radius 1 is 0.933 bits per heavy atom. The van der Waals surface area contributed by atoms with E-state index in [9.17, 15) is 0 Å². The van der Waals surface area contributed by atoms with Crippen molar-refractivity contribution in [2.45, 2.75) is 58.3 Å². The highest BCUT2D eigenvalue weighted by atomic mass is 16.5. The zero-order valence-corrected chi connectivity index (χ0v) is 18.3. The topological polar surface area (TPSA) is 64.7 Å². The van der Waals surface area contributed by atoms with Crippen molar-refractivity contribution < 1.29 is 4.52 Å². The molecule has 4 aromatic rings. The molecule has 0 bridgehead atoms. The number of hydrogen-bond acceptors (Lipinski definition) is 5. The monoisotopic (exact) mass is 400 g/mol. The Kier molecular flexibility index (Phi) is 5.37. The third kappa shape index (κ3) is 3.84. The first-order valence-electron chi connectivity index (χ1n) is 10.5. The largest absolute Gasteiger partial charge is 0.356 e. The number of nitrogens with zero attached hydrogens (tertiary/aromatic N) is 4. The van der Waals surface area contributed by atoms with Gasteiger partial charge in [-0.3, -0.25) is 4.98 Å². The maximum atomic E-state index is 5.54. The molecule has 5 heteroatoms. The Labute approximate surface area is 177 Å². The fourth-order valence-corrected chi connectivity index (χ4v) is 3.76. The smallest absolute Gasteiger partial charge is 0.167 e. The third-order valence-corrected chi connectivity index (χ3v) is 5.66. The summed E-state index contributed by atoms with van der Waals surface area (Å²) < 4.78 is 5.54. The Balaban J connectivity index is 1.62. The summed E-state index contributed by atoms with van der Waals surface area (Å²) >= 11 is 0. The first-order valence-corrected chi connectivity index (χ1v) is 10.5. The number of fused-ring (bicyclic) bond motifs is 1. The second-order valence-corrected chi connectivity index (χ2v) is 8.77. The average molecular weight is 401 g/mol. The van der Waals surface area contributed by atoms with E-state index in [0.717, 1.165) is 46.0 Å².